The average Bonchev–Trinajstić information content (AvgIpc) is 3.14. The molecule has 0 heterocycles. The van der Waals surface area contributed by atoms with Gasteiger partial charge in [0.05, 0.1) is 4.90 Å². The summed E-state index contributed by atoms with van der Waals surface area (Å²) >= 11 is 1.11. The molecule has 18 heavy (non-hydrogen) atoms. The number of benzene rings is 1. The van der Waals surface area contributed by atoms with Crippen LogP contribution in [0.15, 0.2) is 17.0 Å². The SMILES string of the molecule is OCCCSc1c(F)cc(CNC2CC2)cc1F. The van der Waals surface area contributed by atoms with E-state index >= 15 is 0 Å². The van der Waals surface area contributed by atoms with Crippen LogP contribution in [0.3, 0.4) is 0 Å². The zero-order valence-corrected chi connectivity index (χ0v) is 10.9. The second kappa shape index (κ2) is 6.50. The fourth-order valence-electron chi connectivity index (χ4n) is 1.64. The number of aliphatic hydroxyl groups is 1. The highest BCUT2D eigenvalue weighted by molar-refractivity contribution is 7.99. The zero-order chi connectivity index (χ0) is 13.0. The van der Waals surface area contributed by atoms with Crippen LogP contribution < -0.4 is 5.32 Å². The van der Waals surface area contributed by atoms with Gasteiger partial charge in [0.2, 0.25) is 0 Å². The Bertz CT molecular complexity index is 387. The van der Waals surface area contributed by atoms with Crippen LogP contribution in [0.4, 0.5) is 8.78 Å². The van der Waals surface area contributed by atoms with E-state index in [1.54, 1.807) is 0 Å². The van der Waals surface area contributed by atoms with Gasteiger partial charge in [0.15, 0.2) is 0 Å². The summed E-state index contributed by atoms with van der Waals surface area (Å²) < 4.78 is 27.5. The molecule has 2 nitrogen and oxygen atoms in total. The number of hydrogen-bond acceptors (Lipinski definition) is 3. The predicted molar refractivity (Wildman–Crippen MR) is 68.6 cm³/mol. The van der Waals surface area contributed by atoms with Gasteiger partial charge in [-0.3, -0.25) is 0 Å². The molecule has 0 aromatic heterocycles. The summed E-state index contributed by atoms with van der Waals surface area (Å²) in [6, 6.07) is 3.30. The summed E-state index contributed by atoms with van der Waals surface area (Å²) in [6.45, 7) is 0.555. The van der Waals surface area contributed by atoms with Crippen molar-refractivity contribution in [2.45, 2.75) is 36.7 Å². The molecular weight excluding hydrogens is 256 g/mol. The Kier molecular flexibility index (Phi) is 4.97. The average molecular weight is 273 g/mol. The van der Waals surface area contributed by atoms with E-state index in [1.165, 1.54) is 12.1 Å². The molecule has 1 saturated carbocycles. The van der Waals surface area contributed by atoms with Gasteiger partial charge in [-0.1, -0.05) is 0 Å². The second-order valence-electron chi connectivity index (χ2n) is 4.47. The van der Waals surface area contributed by atoms with E-state index in [0.29, 0.717) is 30.3 Å². The van der Waals surface area contributed by atoms with Crippen molar-refractivity contribution in [3.63, 3.8) is 0 Å². The Morgan fingerprint density at radius 1 is 1.28 bits per heavy atom. The first-order chi connectivity index (χ1) is 8.70. The number of nitrogens with one attached hydrogen (secondary N) is 1. The maximum absolute atomic E-state index is 13.7. The van der Waals surface area contributed by atoms with Crippen molar-refractivity contribution < 1.29 is 13.9 Å². The molecule has 1 aliphatic carbocycles. The summed E-state index contributed by atoms with van der Waals surface area (Å²) in [6.07, 6.45) is 2.84. The Morgan fingerprint density at radius 3 is 2.50 bits per heavy atom. The highest BCUT2D eigenvalue weighted by Crippen LogP contribution is 2.27. The molecule has 5 heteroatoms. The quantitative estimate of drug-likeness (QED) is 0.592. The predicted octanol–water partition coefficient (Wildman–Crippen LogP) is 2.69. The largest absolute Gasteiger partial charge is 0.396 e. The molecule has 1 fully saturated rings. The Labute approximate surface area is 110 Å². The number of aliphatic hydroxyl groups excluding tert-OH is 1. The van der Waals surface area contributed by atoms with Crippen LogP contribution in [-0.4, -0.2) is 23.5 Å². The van der Waals surface area contributed by atoms with Crippen LogP contribution in [0.1, 0.15) is 24.8 Å². The first-order valence-corrected chi connectivity index (χ1v) is 7.14. The lowest BCUT2D eigenvalue weighted by molar-refractivity contribution is 0.296. The molecule has 0 bridgehead atoms. The monoisotopic (exact) mass is 273 g/mol. The Balaban J connectivity index is 1.97. The van der Waals surface area contributed by atoms with Crippen molar-refractivity contribution >= 4 is 11.8 Å². The Morgan fingerprint density at radius 2 is 1.94 bits per heavy atom. The maximum Gasteiger partial charge on any atom is 0.140 e. The zero-order valence-electron chi connectivity index (χ0n) is 10.1. The third-order valence-corrected chi connectivity index (χ3v) is 3.95. The molecule has 1 aromatic rings. The molecule has 100 valence electrons. The van der Waals surface area contributed by atoms with Gasteiger partial charge in [-0.05, 0) is 37.0 Å². The van der Waals surface area contributed by atoms with E-state index in [4.69, 9.17) is 5.11 Å². The normalized spacial score (nSPS) is 15.1. The minimum atomic E-state index is -0.509. The second-order valence-corrected chi connectivity index (χ2v) is 5.57. The van der Waals surface area contributed by atoms with Gasteiger partial charge < -0.3 is 10.4 Å². The molecule has 0 saturated heterocycles. The third kappa shape index (κ3) is 3.93. The highest BCUT2D eigenvalue weighted by atomic mass is 32.2. The van der Waals surface area contributed by atoms with E-state index in [0.717, 1.165) is 24.6 Å². The molecule has 2 N–H and O–H groups in total. The minimum absolute atomic E-state index is 0.0413. The summed E-state index contributed by atoms with van der Waals surface area (Å²) in [4.78, 5) is 0.0543. The smallest absolute Gasteiger partial charge is 0.140 e. The molecule has 2 rings (SSSR count). The third-order valence-electron chi connectivity index (χ3n) is 2.78. The van der Waals surface area contributed by atoms with Crippen LogP contribution in [-0.2, 0) is 6.54 Å². The van der Waals surface area contributed by atoms with Gasteiger partial charge in [-0.2, -0.15) is 0 Å². The lowest BCUT2D eigenvalue weighted by atomic mass is 10.2. The molecule has 0 amide bonds. The number of rotatable bonds is 7. The van der Waals surface area contributed by atoms with Gasteiger partial charge in [0.1, 0.15) is 11.6 Å². The molecule has 0 aliphatic heterocycles. The minimum Gasteiger partial charge on any atom is -0.396 e. The van der Waals surface area contributed by atoms with Crippen LogP contribution >= 0.6 is 11.8 Å². The van der Waals surface area contributed by atoms with Crippen molar-refractivity contribution in [1.82, 2.24) is 5.32 Å². The van der Waals surface area contributed by atoms with E-state index in [2.05, 4.69) is 5.32 Å². The van der Waals surface area contributed by atoms with Gasteiger partial charge >= 0.3 is 0 Å². The Hall–Kier alpha value is -0.650. The number of halogens is 2. The van der Waals surface area contributed by atoms with E-state index in [-0.39, 0.29) is 11.5 Å². The molecule has 1 aliphatic rings. The molecule has 0 radical (unpaired) electrons. The van der Waals surface area contributed by atoms with Crippen molar-refractivity contribution in [2.75, 3.05) is 12.4 Å². The molecule has 0 unspecified atom stereocenters. The first kappa shape index (κ1) is 13.8. The first-order valence-electron chi connectivity index (χ1n) is 6.15. The summed E-state index contributed by atoms with van der Waals surface area (Å²) in [5.74, 6) is -0.500. The van der Waals surface area contributed by atoms with Gasteiger partial charge in [-0.25, -0.2) is 8.78 Å². The van der Waals surface area contributed by atoms with E-state index < -0.39 is 11.6 Å². The van der Waals surface area contributed by atoms with E-state index in [1.807, 2.05) is 0 Å². The summed E-state index contributed by atoms with van der Waals surface area (Å²) in [5, 5.41) is 11.9. The molecular formula is C13H17F2NOS. The maximum atomic E-state index is 13.7. The fraction of sp³-hybridized carbons (Fsp3) is 0.538. The summed E-state index contributed by atoms with van der Waals surface area (Å²) in [7, 11) is 0. The van der Waals surface area contributed by atoms with Gasteiger partial charge in [0.25, 0.3) is 0 Å². The standard InChI is InChI=1S/C13H17F2NOS/c14-11-6-9(8-16-10-2-3-10)7-12(15)13(11)18-5-1-4-17/h6-7,10,16-17H,1-5,8H2. The lowest BCUT2D eigenvalue weighted by Crippen LogP contribution is -2.15. The van der Waals surface area contributed by atoms with Gasteiger partial charge in [0, 0.05) is 24.9 Å². The number of thioether (sulfide) groups is 1. The van der Waals surface area contributed by atoms with Crippen molar-refractivity contribution in [3.8, 4) is 0 Å². The van der Waals surface area contributed by atoms with Crippen molar-refractivity contribution in [2.24, 2.45) is 0 Å². The highest BCUT2D eigenvalue weighted by Gasteiger charge is 2.20. The van der Waals surface area contributed by atoms with Crippen LogP contribution in [0.25, 0.3) is 0 Å². The lowest BCUT2D eigenvalue weighted by Gasteiger charge is -2.08. The van der Waals surface area contributed by atoms with Crippen molar-refractivity contribution in [3.05, 3.63) is 29.3 Å². The molecule has 1 aromatic carbocycles. The van der Waals surface area contributed by atoms with E-state index in [9.17, 15) is 8.78 Å². The van der Waals surface area contributed by atoms with Crippen molar-refractivity contribution in [1.29, 1.82) is 0 Å². The summed E-state index contributed by atoms with van der Waals surface area (Å²) in [5.41, 5.74) is 0.642. The fourth-order valence-corrected chi connectivity index (χ4v) is 2.51. The molecule has 0 atom stereocenters. The van der Waals surface area contributed by atoms with Gasteiger partial charge in [-0.15, -0.1) is 11.8 Å². The van der Waals surface area contributed by atoms with Crippen LogP contribution in [0.5, 0.6) is 0 Å². The van der Waals surface area contributed by atoms with Crippen LogP contribution in [0, 0.1) is 11.6 Å². The van der Waals surface area contributed by atoms with Crippen LogP contribution in [0.2, 0.25) is 0 Å². The number of hydrogen-bond donors (Lipinski definition) is 2. The molecule has 0 spiro atoms. The topological polar surface area (TPSA) is 32.3 Å².